The fraction of sp³-hybridized carbons (Fsp3) is 0.154. The lowest BCUT2D eigenvalue weighted by Gasteiger charge is -2.28. The van der Waals surface area contributed by atoms with Crippen LogP contribution in [0.4, 0.5) is 10.1 Å². The second-order valence-electron chi connectivity index (χ2n) is 8.11. The second-order valence-corrected chi connectivity index (χ2v) is 8.94. The Morgan fingerprint density at radius 3 is 2.45 bits per heavy atom. The molecule has 1 N–H and O–H groups in total. The number of anilines is 1. The van der Waals surface area contributed by atoms with Crippen LogP contribution in [0.5, 0.6) is 0 Å². The number of hydrogen-bond donors (Lipinski definition) is 1. The number of nitrogens with zero attached hydrogens (tertiary/aromatic N) is 3. The number of aryl methyl sites for hydroxylation is 1. The zero-order valence-electron chi connectivity index (χ0n) is 18.2. The van der Waals surface area contributed by atoms with Gasteiger partial charge in [-0.15, -0.1) is 0 Å². The molecular formula is C26H22ClFN4S. The number of pyridine rings is 1. The highest BCUT2D eigenvalue weighted by Gasteiger charge is 2.42. The average Bonchev–Trinajstić information content (AvgIpc) is 3.30. The predicted octanol–water partition coefficient (Wildman–Crippen LogP) is 6.46. The number of rotatable bonds is 4. The highest BCUT2D eigenvalue weighted by Crippen LogP contribution is 2.43. The Labute approximate surface area is 202 Å². The smallest absolute Gasteiger partial charge is 0.174 e. The molecule has 5 rings (SSSR count). The molecule has 166 valence electrons. The monoisotopic (exact) mass is 476 g/mol. The second kappa shape index (κ2) is 8.61. The topological polar surface area (TPSA) is 33.1 Å². The summed E-state index contributed by atoms with van der Waals surface area (Å²) >= 11 is 12.0. The molecule has 4 nitrogen and oxygen atoms in total. The van der Waals surface area contributed by atoms with Gasteiger partial charge in [0.25, 0.3) is 0 Å². The third-order valence-corrected chi connectivity index (χ3v) is 6.62. The van der Waals surface area contributed by atoms with Gasteiger partial charge in [0.2, 0.25) is 0 Å². The van der Waals surface area contributed by atoms with E-state index in [2.05, 4.69) is 32.8 Å². The molecule has 1 fully saturated rings. The van der Waals surface area contributed by atoms with E-state index in [1.165, 1.54) is 6.07 Å². The first-order chi connectivity index (χ1) is 15.9. The van der Waals surface area contributed by atoms with Gasteiger partial charge in [-0.05, 0) is 92.3 Å². The first kappa shape index (κ1) is 21.6. The van der Waals surface area contributed by atoms with Gasteiger partial charge in [0.15, 0.2) is 5.11 Å². The SMILES string of the molecule is Cc1cc(C2C(c3ccccn3)NC(=S)N2c2ccc(Cl)cc2)c(C)n1-c1cccc(F)c1. The average molecular weight is 477 g/mol. The summed E-state index contributed by atoms with van der Waals surface area (Å²) in [6.45, 7) is 4.09. The third kappa shape index (κ3) is 3.90. The van der Waals surface area contributed by atoms with Gasteiger partial charge >= 0.3 is 0 Å². The van der Waals surface area contributed by atoms with E-state index in [9.17, 15) is 4.39 Å². The van der Waals surface area contributed by atoms with E-state index in [-0.39, 0.29) is 17.9 Å². The first-order valence-electron chi connectivity index (χ1n) is 10.6. The van der Waals surface area contributed by atoms with Crippen LogP contribution in [-0.4, -0.2) is 14.7 Å². The van der Waals surface area contributed by atoms with E-state index in [0.717, 1.165) is 34.0 Å². The van der Waals surface area contributed by atoms with Crippen LogP contribution < -0.4 is 10.2 Å². The van der Waals surface area contributed by atoms with E-state index < -0.39 is 0 Å². The molecule has 0 radical (unpaired) electrons. The van der Waals surface area contributed by atoms with Crippen LogP contribution in [0.1, 0.15) is 34.7 Å². The Bertz CT molecular complexity index is 1320. The number of aromatic nitrogens is 2. The summed E-state index contributed by atoms with van der Waals surface area (Å²) in [5, 5.41) is 4.76. The molecule has 2 unspecified atom stereocenters. The summed E-state index contributed by atoms with van der Waals surface area (Å²) in [4.78, 5) is 6.73. The van der Waals surface area contributed by atoms with Gasteiger partial charge in [-0.2, -0.15) is 0 Å². The van der Waals surface area contributed by atoms with Gasteiger partial charge in [-0.1, -0.05) is 23.7 Å². The highest BCUT2D eigenvalue weighted by molar-refractivity contribution is 7.80. The number of benzene rings is 2. The molecule has 2 aromatic carbocycles. The molecule has 0 saturated carbocycles. The van der Waals surface area contributed by atoms with Crippen molar-refractivity contribution in [1.29, 1.82) is 0 Å². The van der Waals surface area contributed by atoms with Crippen LogP contribution >= 0.6 is 23.8 Å². The van der Waals surface area contributed by atoms with Crippen LogP contribution in [0.25, 0.3) is 5.69 Å². The fourth-order valence-electron chi connectivity index (χ4n) is 4.65. The lowest BCUT2D eigenvalue weighted by Crippen LogP contribution is -2.29. The lowest BCUT2D eigenvalue weighted by molar-refractivity contribution is 0.565. The fourth-order valence-corrected chi connectivity index (χ4v) is 5.12. The summed E-state index contributed by atoms with van der Waals surface area (Å²) in [6, 6.07) is 22.0. The molecule has 0 spiro atoms. The van der Waals surface area contributed by atoms with Crippen molar-refractivity contribution in [3.05, 3.63) is 112 Å². The predicted molar refractivity (Wildman–Crippen MR) is 135 cm³/mol. The zero-order valence-corrected chi connectivity index (χ0v) is 19.7. The number of thiocarbonyl (C=S) groups is 1. The van der Waals surface area contributed by atoms with Crippen LogP contribution in [0, 0.1) is 19.7 Å². The molecule has 0 bridgehead atoms. The number of nitrogens with one attached hydrogen (secondary N) is 1. The van der Waals surface area contributed by atoms with Crippen molar-refractivity contribution in [1.82, 2.24) is 14.9 Å². The minimum atomic E-state index is -0.264. The normalized spacial score (nSPS) is 17.9. The molecule has 3 heterocycles. The Kier molecular flexibility index (Phi) is 5.64. The van der Waals surface area contributed by atoms with Gasteiger partial charge in [-0.3, -0.25) is 4.98 Å². The van der Waals surface area contributed by atoms with E-state index in [1.54, 1.807) is 18.3 Å². The third-order valence-electron chi connectivity index (χ3n) is 6.06. The van der Waals surface area contributed by atoms with Crippen molar-refractivity contribution < 1.29 is 4.39 Å². The van der Waals surface area contributed by atoms with Gasteiger partial charge in [-0.25, -0.2) is 4.39 Å². The van der Waals surface area contributed by atoms with Crippen molar-refractivity contribution in [2.24, 2.45) is 0 Å². The molecule has 0 aliphatic carbocycles. The lowest BCUT2D eigenvalue weighted by atomic mass is 9.96. The molecule has 2 atom stereocenters. The Morgan fingerprint density at radius 1 is 0.970 bits per heavy atom. The van der Waals surface area contributed by atoms with E-state index in [1.807, 2.05) is 55.5 Å². The summed E-state index contributed by atoms with van der Waals surface area (Å²) in [5.74, 6) is -0.264. The van der Waals surface area contributed by atoms with Crippen LogP contribution in [0.3, 0.4) is 0 Å². The van der Waals surface area contributed by atoms with Crippen molar-refractivity contribution >= 4 is 34.6 Å². The van der Waals surface area contributed by atoms with E-state index in [4.69, 9.17) is 23.8 Å². The minimum absolute atomic E-state index is 0.151. The van der Waals surface area contributed by atoms with Gasteiger partial charge in [0.05, 0.1) is 17.8 Å². The summed E-state index contributed by atoms with van der Waals surface area (Å²) < 4.78 is 16.1. The van der Waals surface area contributed by atoms with Crippen molar-refractivity contribution in [3.8, 4) is 5.69 Å². The summed E-state index contributed by atoms with van der Waals surface area (Å²) in [5.41, 5.74) is 5.76. The standard InChI is InChI=1S/C26H22ClFN4S/c1-16-14-22(17(2)31(16)21-7-5-6-19(28)15-21)25-24(23-8-3-4-13-29-23)30-26(33)32(25)20-11-9-18(27)10-12-20/h3-15,24-25H,1-2H3,(H,30,33). The molecule has 33 heavy (non-hydrogen) atoms. The maximum atomic E-state index is 14.0. The van der Waals surface area contributed by atoms with Crippen LogP contribution in [-0.2, 0) is 0 Å². The van der Waals surface area contributed by atoms with Gasteiger partial charge in [0.1, 0.15) is 5.82 Å². The Hall–Kier alpha value is -3.22. The zero-order chi connectivity index (χ0) is 23.1. The summed E-state index contributed by atoms with van der Waals surface area (Å²) in [6.07, 6.45) is 1.79. The van der Waals surface area contributed by atoms with Crippen molar-refractivity contribution in [2.75, 3.05) is 4.90 Å². The van der Waals surface area contributed by atoms with Crippen molar-refractivity contribution in [2.45, 2.75) is 25.9 Å². The molecule has 1 aliphatic heterocycles. The van der Waals surface area contributed by atoms with Crippen LogP contribution in [0.15, 0.2) is 79.0 Å². The van der Waals surface area contributed by atoms with Crippen molar-refractivity contribution in [3.63, 3.8) is 0 Å². The highest BCUT2D eigenvalue weighted by atomic mass is 35.5. The summed E-state index contributed by atoms with van der Waals surface area (Å²) in [7, 11) is 0. The first-order valence-corrected chi connectivity index (χ1v) is 11.4. The largest absolute Gasteiger partial charge is 0.351 e. The Balaban J connectivity index is 1.68. The molecule has 0 amide bonds. The number of hydrogen-bond acceptors (Lipinski definition) is 2. The minimum Gasteiger partial charge on any atom is -0.351 e. The maximum absolute atomic E-state index is 14.0. The molecule has 1 saturated heterocycles. The van der Waals surface area contributed by atoms with E-state index in [0.29, 0.717) is 10.1 Å². The molecule has 2 aromatic heterocycles. The molecular weight excluding hydrogens is 455 g/mol. The molecule has 7 heteroatoms. The quantitative estimate of drug-likeness (QED) is 0.343. The van der Waals surface area contributed by atoms with E-state index >= 15 is 0 Å². The van der Waals surface area contributed by atoms with Gasteiger partial charge < -0.3 is 14.8 Å². The Morgan fingerprint density at radius 2 is 1.76 bits per heavy atom. The van der Waals surface area contributed by atoms with Crippen LogP contribution in [0.2, 0.25) is 5.02 Å². The molecule has 1 aliphatic rings. The van der Waals surface area contributed by atoms with Gasteiger partial charge in [0, 0.05) is 34.0 Å². The maximum Gasteiger partial charge on any atom is 0.174 e. The number of halogens is 2. The molecule has 4 aromatic rings.